The van der Waals surface area contributed by atoms with Crippen LogP contribution in [0, 0.1) is 6.92 Å². The van der Waals surface area contributed by atoms with Crippen LogP contribution in [0.2, 0.25) is 5.02 Å². The molecule has 0 saturated carbocycles. The van der Waals surface area contributed by atoms with Crippen molar-refractivity contribution in [2.24, 2.45) is 0 Å². The molecule has 0 aliphatic rings. The van der Waals surface area contributed by atoms with Gasteiger partial charge in [-0.15, -0.1) is 0 Å². The highest BCUT2D eigenvalue weighted by atomic mass is 35.5. The Kier molecular flexibility index (Phi) is 4.85. The molecule has 3 rings (SSSR count). The molecular formula is C22H24ClNO2. The van der Waals surface area contributed by atoms with E-state index in [0.717, 1.165) is 39.3 Å². The number of hydrogen-bond acceptors (Lipinski definition) is 3. The highest BCUT2D eigenvalue weighted by Gasteiger charge is 2.22. The number of anilines is 1. The number of rotatable bonds is 3. The lowest BCUT2D eigenvalue weighted by molar-refractivity contribution is 0.00690. The van der Waals surface area contributed by atoms with E-state index in [1.165, 1.54) is 0 Å². The summed E-state index contributed by atoms with van der Waals surface area (Å²) in [6.07, 6.45) is 0. The topological polar surface area (TPSA) is 38.3 Å². The molecule has 0 radical (unpaired) electrons. The van der Waals surface area contributed by atoms with Crippen LogP contribution in [0.3, 0.4) is 0 Å². The monoisotopic (exact) mass is 369 g/mol. The van der Waals surface area contributed by atoms with Crippen molar-refractivity contribution in [3.05, 3.63) is 52.5 Å². The van der Waals surface area contributed by atoms with Crippen molar-refractivity contribution >= 4 is 44.8 Å². The van der Waals surface area contributed by atoms with Crippen molar-refractivity contribution in [3.8, 4) is 0 Å². The van der Waals surface area contributed by atoms with Crippen molar-refractivity contribution in [1.29, 1.82) is 0 Å². The first kappa shape index (κ1) is 18.5. The van der Waals surface area contributed by atoms with Gasteiger partial charge in [-0.05, 0) is 46.2 Å². The van der Waals surface area contributed by atoms with E-state index >= 15 is 0 Å². The van der Waals surface area contributed by atoms with Crippen LogP contribution in [0.15, 0.2) is 36.4 Å². The fourth-order valence-corrected chi connectivity index (χ4v) is 3.70. The quantitative estimate of drug-likeness (QED) is 0.432. The van der Waals surface area contributed by atoms with Gasteiger partial charge in [0, 0.05) is 28.1 Å². The lowest BCUT2D eigenvalue weighted by Gasteiger charge is -2.21. The number of carbonyl (C=O) groups is 1. The molecule has 3 aromatic carbocycles. The molecule has 136 valence electrons. The number of fused-ring (bicyclic) bond motifs is 2. The van der Waals surface area contributed by atoms with Crippen LogP contribution >= 0.6 is 11.6 Å². The van der Waals surface area contributed by atoms with Crippen LogP contribution < -0.4 is 5.32 Å². The number of ether oxygens (including phenoxy) is 1. The molecule has 26 heavy (non-hydrogen) atoms. The fourth-order valence-electron chi connectivity index (χ4n) is 3.30. The van der Waals surface area contributed by atoms with Crippen molar-refractivity contribution in [3.63, 3.8) is 0 Å². The lowest BCUT2D eigenvalue weighted by atomic mass is 9.94. The van der Waals surface area contributed by atoms with E-state index in [0.29, 0.717) is 10.6 Å². The molecule has 0 atom stereocenters. The second-order valence-corrected chi connectivity index (χ2v) is 7.81. The van der Waals surface area contributed by atoms with Crippen LogP contribution in [-0.4, -0.2) is 18.1 Å². The van der Waals surface area contributed by atoms with Gasteiger partial charge in [0.15, 0.2) is 0 Å². The van der Waals surface area contributed by atoms with Crippen LogP contribution in [0.1, 0.15) is 43.6 Å². The number of nitrogens with one attached hydrogen (secondary N) is 1. The summed E-state index contributed by atoms with van der Waals surface area (Å²) in [6, 6.07) is 11.8. The van der Waals surface area contributed by atoms with Gasteiger partial charge in [-0.1, -0.05) is 41.9 Å². The molecule has 3 aromatic rings. The van der Waals surface area contributed by atoms with Crippen molar-refractivity contribution < 1.29 is 9.53 Å². The number of carbonyl (C=O) groups excluding carboxylic acids is 1. The summed E-state index contributed by atoms with van der Waals surface area (Å²) < 4.78 is 5.56. The zero-order valence-electron chi connectivity index (χ0n) is 15.9. The van der Waals surface area contributed by atoms with E-state index in [-0.39, 0.29) is 5.97 Å². The van der Waals surface area contributed by atoms with E-state index in [2.05, 4.69) is 18.3 Å². The van der Waals surface area contributed by atoms with Gasteiger partial charge < -0.3 is 10.1 Å². The molecule has 0 bridgehead atoms. The highest BCUT2D eigenvalue weighted by Crippen LogP contribution is 2.41. The van der Waals surface area contributed by atoms with Gasteiger partial charge in [-0.25, -0.2) is 4.79 Å². The Hall–Kier alpha value is -2.26. The van der Waals surface area contributed by atoms with Gasteiger partial charge in [-0.2, -0.15) is 0 Å². The fraction of sp³-hybridized carbons (Fsp3) is 0.318. The third kappa shape index (κ3) is 3.24. The Morgan fingerprint density at radius 3 is 2.35 bits per heavy atom. The first-order chi connectivity index (χ1) is 12.2. The maximum atomic E-state index is 12.6. The molecule has 0 amide bonds. The van der Waals surface area contributed by atoms with Gasteiger partial charge in [0.05, 0.1) is 16.3 Å². The summed E-state index contributed by atoms with van der Waals surface area (Å²) in [6.45, 7) is 10.4. The lowest BCUT2D eigenvalue weighted by Crippen LogP contribution is -2.24. The maximum Gasteiger partial charge on any atom is 0.338 e. The normalized spacial score (nSPS) is 11.8. The Labute approximate surface area is 159 Å². The van der Waals surface area contributed by atoms with Gasteiger partial charge in [0.2, 0.25) is 0 Å². The Bertz CT molecular complexity index is 1000. The molecule has 3 nitrogen and oxygen atoms in total. The number of aryl methyl sites for hydroxylation is 1. The summed E-state index contributed by atoms with van der Waals surface area (Å²) in [7, 11) is 0. The predicted molar refractivity (Wildman–Crippen MR) is 111 cm³/mol. The average Bonchev–Trinajstić information content (AvgIpc) is 2.56. The summed E-state index contributed by atoms with van der Waals surface area (Å²) in [5, 5.41) is 8.09. The standard InChI is InChI=1S/C22H24ClNO2/c1-6-24-20-16-10-8-7-9-15(16)19(23)18-13(2)14(11-12-17(18)20)21(25)26-22(3,4)5/h7-12,24H,6H2,1-5H3. The molecule has 1 N–H and O–H groups in total. The molecule has 0 unspecified atom stereocenters. The SMILES string of the molecule is CCNc1c2ccccc2c(Cl)c2c(C)c(C(=O)OC(C)(C)C)ccc12. The average molecular weight is 370 g/mol. The predicted octanol–water partition coefficient (Wildman–Crippen LogP) is 6.34. The number of hydrogen-bond donors (Lipinski definition) is 1. The van der Waals surface area contributed by atoms with Gasteiger partial charge in [0.25, 0.3) is 0 Å². The molecule has 0 heterocycles. The van der Waals surface area contributed by atoms with E-state index < -0.39 is 5.60 Å². The molecule has 4 heteroatoms. The third-order valence-corrected chi connectivity index (χ3v) is 4.75. The Morgan fingerprint density at radius 1 is 1.08 bits per heavy atom. The number of esters is 1. The van der Waals surface area contributed by atoms with E-state index in [1.807, 2.05) is 58.0 Å². The van der Waals surface area contributed by atoms with Gasteiger partial charge in [0.1, 0.15) is 5.60 Å². The van der Waals surface area contributed by atoms with Crippen molar-refractivity contribution in [2.45, 2.75) is 40.2 Å². The summed E-state index contributed by atoms with van der Waals surface area (Å²) in [5.74, 6) is -0.328. The van der Waals surface area contributed by atoms with Gasteiger partial charge in [-0.3, -0.25) is 0 Å². The Balaban J connectivity index is 2.33. The summed E-state index contributed by atoms with van der Waals surface area (Å²) in [4.78, 5) is 12.6. The highest BCUT2D eigenvalue weighted by molar-refractivity contribution is 6.42. The first-order valence-electron chi connectivity index (χ1n) is 8.85. The smallest absolute Gasteiger partial charge is 0.338 e. The van der Waals surface area contributed by atoms with E-state index in [9.17, 15) is 4.79 Å². The third-order valence-electron chi connectivity index (χ3n) is 4.36. The number of halogens is 1. The molecule has 0 aliphatic carbocycles. The minimum atomic E-state index is -0.541. The largest absolute Gasteiger partial charge is 0.456 e. The summed E-state index contributed by atoms with van der Waals surface area (Å²) >= 11 is 6.78. The van der Waals surface area contributed by atoms with E-state index in [4.69, 9.17) is 16.3 Å². The summed E-state index contributed by atoms with van der Waals surface area (Å²) in [5.41, 5.74) is 1.89. The zero-order valence-corrected chi connectivity index (χ0v) is 16.6. The minimum Gasteiger partial charge on any atom is -0.456 e. The molecule has 0 aliphatic heterocycles. The van der Waals surface area contributed by atoms with Crippen LogP contribution in [0.4, 0.5) is 5.69 Å². The minimum absolute atomic E-state index is 0.328. The first-order valence-corrected chi connectivity index (χ1v) is 9.23. The second kappa shape index (κ2) is 6.81. The maximum absolute atomic E-state index is 12.6. The van der Waals surface area contributed by atoms with Crippen LogP contribution in [-0.2, 0) is 4.74 Å². The second-order valence-electron chi connectivity index (χ2n) is 7.43. The van der Waals surface area contributed by atoms with Crippen molar-refractivity contribution in [1.82, 2.24) is 0 Å². The van der Waals surface area contributed by atoms with Crippen LogP contribution in [0.25, 0.3) is 21.5 Å². The molecule has 0 aromatic heterocycles. The molecule has 0 spiro atoms. The molecule has 0 fully saturated rings. The molecular weight excluding hydrogens is 346 g/mol. The molecule has 0 saturated heterocycles. The van der Waals surface area contributed by atoms with Crippen LogP contribution in [0.5, 0.6) is 0 Å². The van der Waals surface area contributed by atoms with E-state index in [1.54, 1.807) is 0 Å². The zero-order chi connectivity index (χ0) is 19.1. The number of benzene rings is 3. The van der Waals surface area contributed by atoms with Gasteiger partial charge >= 0.3 is 5.97 Å². The van der Waals surface area contributed by atoms with Crippen molar-refractivity contribution in [2.75, 3.05) is 11.9 Å². The Morgan fingerprint density at radius 2 is 1.73 bits per heavy atom.